The first kappa shape index (κ1) is 12.7. The van der Waals surface area contributed by atoms with Crippen LogP contribution in [-0.4, -0.2) is 20.0 Å². The van der Waals surface area contributed by atoms with Crippen LogP contribution in [-0.2, 0) is 10.2 Å². The van der Waals surface area contributed by atoms with Gasteiger partial charge < -0.3 is 9.47 Å². The van der Waals surface area contributed by atoms with Gasteiger partial charge in [0.15, 0.2) is 17.3 Å². The van der Waals surface area contributed by atoms with E-state index in [1.54, 1.807) is 20.3 Å². The Labute approximate surface area is 107 Å². The van der Waals surface area contributed by atoms with E-state index in [2.05, 4.69) is 0 Å². The molecule has 1 aliphatic rings. The number of benzene rings is 1. The zero-order valence-corrected chi connectivity index (χ0v) is 11.2. The van der Waals surface area contributed by atoms with Crippen molar-refractivity contribution in [3.8, 4) is 11.5 Å². The van der Waals surface area contributed by atoms with Crippen LogP contribution in [0.2, 0.25) is 0 Å². The van der Waals surface area contributed by atoms with Crippen LogP contribution in [0.5, 0.6) is 11.5 Å². The molecule has 1 aliphatic carbocycles. The molecule has 3 heteroatoms. The Morgan fingerprint density at radius 2 is 1.83 bits per heavy atom. The summed E-state index contributed by atoms with van der Waals surface area (Å²) in [6.45, 7) is 4.02. The van der Waals surface area contributed by atoms with Gasteiger partial charge in [-0.15, -0.1) is 0 Å². The summed E-state index contributed by atoms with van der Waals surface area (Å²) >= 11 is 0. The quantitative estimate of drug-likeness (QED) is 0.822. The van der Waals surface area contributed by atoms with E-state index in [-0.39, 0.29) is 11.2 Å². The first-order chi connectivity index (χ1) is 8.51. The third-order valence-corrected chi connectivity index (χ3v) is 3.51. The lowest BCUT2D eigenvalue weighted by Crippen LogP contribution is -2.19. The molecule has 0 saturated heterocycles. The topological polar surface area (TPSA) is 35.5 Å². The second kappa shape index (κ2) is 4.48. The lowest BCUT2D eigenvalue weighted by molar-refractivity contribution is -0.114. The molecule has 0 saturated carbocycles. The molecule has 0 heterocycles. The summed E-state index contributed by atoms with van der Waals surface area (Å²) in [4.78, 5) is 11.5. The molecule has 0 spiro atoms. The van der Waals surface area contributed by atoms with Crippen molar-refractivity contribution in [2.75, 3.05) is 14.2 Å². The third kappa shape index (κ3) is 1.90. The molecule has 0 unspecified atom stereocenters. The van der Waals surface area contributed by atoms with Gasteiger partial charge in [-0.2, -0.15) is 0 Å². The fraction of sp³-hybridized carbons (Fsp3) is 0.400. The van der Waals surface area contributed by atoms with Gasteiger partial charge >= 0.3 is 0 Å². The number of hydrogen-bond donors (Lipinski definition) is 0. The zero-order valence-electron chi connectivity index (χ0n) is 11.2. The monoisotopic (exact) mass is 246 g/mol. The first-order valence-electron chi connectivity index (χ1n) is 5.96. The average Bonchev–Trinajstić information content (AvgIpc) is 2.69. The lowest BCUT2D eigenvalue weighted by Gasteiger charge is -2.25. The molecule has 18 heavy (non-hydrogen) atoms. The number of aryl methyl sites for hydroxylation is 1. The Kier molecular flexibility index (Phi) is 3.16. The lowest BCUT2D eigenvalue weighted by atomic mass is 9.81. The molecule has 3 nitrogen and oxygen atoms in total. The summed E-state index contributed by atoms with van der Waals surface area (Å²) in [5.74, 6) is 1.61. The molecule has 1 atom stereocenters. The van der Waals surface area contributed by atoms with Crippen molar-refractivity contribution in [2.45, 2.75) is 25.7 Å². The number of ketones is 1. The normalized spacial score (nSPS) is 22.3. The summed E-state index contributed by atoms with van der Waals surface area (Å²) in [6.07, 6.45) is 4.07. The number of allylic oxidation sites excluding steroid dienone is 2. The van der Waals surface area contributed by atoms with Crippen molar-refractivity contribution in [3.63, 3.8) is 0 Å². The van der Waals surface area contributed by atoms with E-state index in [1.807, 2.05) is 32.1 Å². The molecule has 0 radical (unpaired) electrons. The van der Waals surface area contributed by atoms with Crippen molar-refractivity contribution in [3.05, 3.63) is 35.4 Å². The van der Waals surface area contributed by atoms with Crippen LogP contribution in [0, 0.1) is 6.92 Å². The van der Waals surface area contributed by atoms with E-state index >= 15 is 0 Å². The number of rotatable bonds is 3. The Bertz CT molecular complexity index is 517. The molecule has 0 amide bonds. The minimum atomic E-state index is -0.302. The molecule has 0 N–H and O–H groups in total. The van der Waals surface area contributed by atoms with Gasteiger partial charge in [-0.3, -0.25) is 4.79 Å². The standard InChI is InChI=1S/C15H18O3/c1-10-5-6-12(14(18-4)13(10)17-3)15(2)8-7-11(16)9-15/h5-8H,9H2,1-4H3/t15-/m1/s1. The maximum atomic E-state index is 11.5. The maximum Gasteiger partial charge on any atom is 0.165 e. The minimum Gasteiger partial charge on any atom is -0.493 e. The molecule has 2 rings (SSSR count). The molecule has 96 valence electrons. The van der Waals surface area contributed by atoms with Gasteiger partial charge in [0.25, 0.3) is 0 Å². The highest BCUT2D eigenvalue weighted by atomic mass is 16.5. The zero-order chi connectivity index (χ0) is 13.3. The van der Waals surface area contributed by atoms with Crippen molar-refractivity contribution in [1.29, 1.82) is 0 Å². The predicted molar refractivity (Wildman–Crippen MR) is 70.4 cm³/mol. The van der Waals surface area contributed by atoms with Crippen LogP contribution in [0.25, 0.3) is 0 Å². The Morgan fingerprint density at radius 3 is 2.33 bits per heavy atom. The number of methoxy groups -OCH3 is 2. The van der Waals surface area contributed by atoms with E-state index in [0.29, 0.717) is 6.42 Å². The summed E-state index contributed by atoms with van der Waals surface area (Å²) in [6, 6.07) is 4.01. The predicted octanol–water partition coefficient (Wildman–Crippen LogP) is 2.80. The highest BCUT2D eigenvalue weighted by Gasteiger charge is 2.34. The maximum absolute atomic E-state index is 11.5. The van der Waals surface area contributed by atoms with Crippen LogP contribution in [0.1, 0.15) is 24.5 Å². The Morgan fingerprint density at radius 1 is 1.17 bits per heavy atom. The van der Waals surface area contributed by atoms with Gasteiger partial charge in [0.1, 0.15) is 0 Å². The molecule has 0 aliphatic heterocycles. The second-order valence-corrected chi connectivity index (χ2v) is 4.89. The fourth-order valence-electron chi connectivity index (χ4n) is 2.51. The number of hydrogen-bond acceptors (Lipinski definition) is 3. The molecule has 0 aromatic heterocycles. The van der Waals surface area contributed by atoms with E-state index in [1.165, 1.54) is 0 Å². The van der Waals surface area contributed by atoms with Gasteiger partial charge in [-0.1, -0.05) is 25.1 Å². The van der Waals surface area contributed by atoms with Crippen LogP contribution in [0.15, 0.2) is 24.3 Å². The molecule has 1 aromatic rings. The summed E-state index contributed by atoms with van der Waals surface area (Å²) in [5, 5.41) is 0. The highest BCUT2D eigenvalue weighted by Crippen LogP contribution is 2.44. The van der Waals surface area contributed by atoms with E-state index < -0.39 is 0 Å². The van der Waals surface area contributed by atoms with Crippen LogP contribution < -0.4 is 9.47 Å². The highest BCUT2D eigenvalue weighted by molar-refractivity contribution is 5.94. The van der Waals surface area contributed by atoms with Gasteiger partial charge in [-0.05, 0) is 18.6 Å². The van der Waals surface area contributed by atoms with Crippen LogP contribution in [0.3, 0.4) is 0 Å². The van der Waals surface area contributed by atoms with Crippen molar-refractivity contribution < 1.29 is 14.3 Å². The second-order valence-electron chi connectivity index (χ2n) is 4.89. The van der Waals surface area contributed by atoms with Crippen LogP contribution in [0.4, 0.5) is 0 Å². The van der Waals surface area contributed by atoms with Gasteiger partial charge in [-0.25, -0.2) is 0 Å². The largest absolute Gasteiger partial charge is 0.493 e. The first-order valence-corrected chi connectivity index (χ1v) is 5.96. The van der Waals surface area contributed by atoms with E-state index in [0.717, 1.165) is 22.6 Å². The van der Waals surface area contributed by atoms with Crippen molar-refractivity contribution in [2.24, 2.45) is 0 Å². The number of carbonyl (C=O) groups is 1. The molecule has 0 bridgehead atoms. The van der Waals surface area contributed by atoms with Gasteiger partial charge in [0.2, 0.25) is 0 Å². The van der Waals surface area contributed by atoms with Crippen LogP contribution >= 0.6 is 0 Å². The minimum absolute atomic E-state index is 0.152. The summed E-state index contributed by atoms with van der Waals surface area (Å²) < 4.78 is 10.9. The number of carbonyl (C=O) groups excluding carboxylic acids is 1. The smallest absolute Gasteiger partial charge is 0.165 e. The van der Waals surface area contributed by atoms with Gasteiger partial charge in [0, 0.05) is 17.4 Å². The van der Waals surface area contributed by atoms with Crippen molar-refractivity contribution in [1.82, 2.24) is 0 Å². The Hall–Kier alpha value is -1.77. The SMILES string of the molecule is COc1c(C)ccc([C@]2(C)C=CC(=O)C2)c1OC. The molecular weight excluding hydrogens is 228 g/mol. The Balaban J connectivity index is 2.58. The third-order valence-electron chi connectivity index (χ3n) is 3.51. The van der Waals surface area contributed by atoms with E-state index in [9.17, 15) is 4.79 Å². The average molecular weight is 246 g/mol. The molecule has 1 aromatic carbocycles. The molecule has 0 fully saturated rings. The van der Waals surface area contributed by atoms with Gasteiger partial charge in [0.05, 0.1) is 14.2 Å². The molecular formula is C15H18O3. The van der Waals surface area contributed by atoms with Crippen molar-refractivity contribution >= 4 is 5.78 Å². The summed E-state index contributed by atoms with van der Waals surface area (Å²) in [5.41, 5.74) is 1.72. The fourth-order valence-corrected chi connectivity index (χ4v) is 2.51. The van der Waals surface area contributed by atoms with E-state index in [4.69, 9.17) is 9.47 Å². The number of ether oxygens (including phenoxy) is 2. The summed E-state index contributed by atoms with van der Waals surface area (Å²) in [7, 11) is 3.26.